The molecule has 0 atom stereocenters. The van der Waals surface area contributed by atoms with Crippen LogP contribution in [0.25, 0.3) is 42.1 Å². The van der Waals surface area contributed by atoms with Gasteiger partial charge in [0.2, 0.25) is 4.96 Å². The third kappa shape index (κ3) is 2.93. The van der Waals surface area contributed by atoms with Gasteiger partial charge < -0.3 is 4.74 Å². The lowest BCUT2D eigenvalue weighted by molar-refractivity contribution is 0.415. The van der Waals surface area contributed by atoms with E-state index in [-0.39, 0.29) is 0 Å². The van der Waals surface area contributed by atoms with Crippen LogP contribution in [-0.2, 0) is 0 Å². The van der Waals surface area contributed by atoms with Gasteiger partial charge in [0.1, 0.15) is 15.6 Å². The van der Waals surface area contributed by atoms with Gasteiger partial charge in [0.05, 0.1) is 23.4 Å². The van der Waals surface area contributed by atoms with Crippen molar-refractivity contribution < 1.29 is 4.74 Å². The van der Waals surface area contributed by atoms with Crippen molar-refractivity contribution in [3.05, 3.63) is 66.4 Å². The maximum absolute atomic E-state index is 5.25. The average molecular weight is 445 g/mol. The molecule has 0 bridgehead atoms. The number of nitrogens with zero attached hydrogens (tertiary/aromatic N) is 6. The van der Waals surface area contributed by atoms with Gasteiger partial charge >= 0.3 is 0 Å². The second kappa shape index (κ2) is 7.00. The highest BCUT2D eigenvalue weighted by Crippen LogP contribution is 2.37. The molecule has 0 aliphatic carbocycles. The van der Waals surface area contributed by atoms with Crippen LogP contribution >= 0.6 is 22.7 Å². The van der Waals surface area contributed by atoms with Crippen molar-refractivity contribution in [2.75, 3.05) is 7.11 Å². The van der Waals surface area contributed by atoms with Crippen molar-refractivity contribution >= 4 is 37.9 Å². The number of aromatic nitrogens is 6. The standard InChI is InChI=1S/C22H16N6OS2/c1-13-17-12-18(30-21(17)27(25-13)15-6-4-3-5-7-15)19-23-24-22-28(19)26-20(31-22)14-8-10-16(29-2)11-9-14/h3-12H,1-2H3. The molecule has 0 unspecified atom stereocenters. The number of benzene rings is 2. The van der Waals surface area contributed by atoms with Crippen molar-refractivity contribution in [2.24, 2.45) is 0 Å². The molecule has 2 aromatic carbocycles. The summed E-state index contributed by atoms with van der Waals surface area (Å²) in [5.74, 6) is 1.56. The van der Waals surface area contributed by atoms with Crippen LogP contribution in [0.3, 0.4) is 0 Å². The van der Waals surface area contributed by atoms with Crippen molar-refractivity contribution in [2.45, 2.75) is 6.92 Å². The normalized spacial score (nSPS) is 11.5. The Balaban J connectivity index is 1.45. The fraction of sp³-hybridized carbons (Fsp3) is 0.0909. The molecule has 0 saturated carbocycles. The van der Waals surface area contributed by atoms with Gasteiger partial charge in [-0.15, -0.1) is 21.5 Å². The molecule has 0 aliphatic heterocycles. The Bertz CT molecular complexity index is 1530. The Labute approximate surface area is 185 Å². The number of hydrogen-bond donors (Lipinski definition) is 0. The summed E-state index contributed by atoms with van der Waals surface area (Å²) in [5, 5.41) is 20.3. The van der Waals surface area contributed by atoms with Crippen LogP contribution < -0.4 is 4.74 Å². The Kier molecular flexibility index (Phi) is 4.12. The molecule has 6 rings (SSSR count). The van der Waals surface area contributed by atoms with Gasteiger partial charge in [0.25, 0.3) is 0 Å². The second-order valence-corrected chi connectivity index (χ2v) is 9.00. The van der Waals surface area contributed by atoms with E-state index in [4.69, 9.17) is 14.9 Å². The van der Waals surface area contributed by atoms with Crippen LogP contribution in [0, 0.1) is 6.92 Å². The van der Waals surface area contributed by atoms with Crippen LogP contribution in [0.2, 0.25) is 0 Å². The topological polar surface area (TPSA) is 70.1 Å². The molecular weight excluding hydrogens is 428 g/mol. The van der Waals surface area contributed by atoms with E-state index in [0.29, 0.717) is 0 Å². The summed E-state index contributed by atoms with van der Waals surface area (Å²) in [5.41, 5.74) is 3.05. The van der Waals surface area contributed by atoms with Gasteiger partial charge in [-0.2, -0.15) is 14.7 Å². The molecule has 4 heterocycles. The molecule has 4 aromatic heterocycles. The van der Waals surface area contributed by atoms with E-state index in [1.807, 2.05) is 58.6 Å². The van der Waals surface area contributed by atoms with E-state index >= 15 is 0 Å². The monoisotopic (exact) mass is 444 g/mol. The predicted molar refractivity (Wildman–Crippen MR) is 123 cm³/mol. The van der Waals surface area contributed by atoms with E-state index < -0.39 is 0 Å². The highest BCUT2D eigenvalue weighted by Gasteiger charge is 2.20. The van der Waals surface area contributed by atoms with E-state index in [0.717, 1.165) is 53.6 Å². The molecule has 152 valence electrons. The van der Waals surface area contributed by atoms with Crippen molar-refractivity contribution in [1.29, 1.82) is 0 Å². The van der Waals surface area contributed by atoms with Gasteiger partial charge in [0.15, 0.2) is 5.82 Å². The molecule has 31 heavy (non-hydrogen) atoms. The molecule has 0 aliphatic rings. The van der Waals surface area contributed by atoms with Crippen LogP contribution in [0.4, 0.5) is 0 Å². The van der Waals surface area contributed by atoms with Gasteiger partial charge in [-0.05, 0) is 49.4 Å². The molecule has 0 saturated heterocycles. The first-order chi connectivity index (χ1) is 15.2. The first-order valence-corrected chi connectivity index (χ1v) is 11.3. The lowest BCUT2D eigenvalue weighted by Gasteiger charge is -2.01. The first kappa shape index (κ1) is 18.2. The minimum Gasteiger partial charge on any atom is -0.497 e. The summed E-state index contributed by atoms with van der Waals surface area (Å²) in [7, 11) is 1.66. The summed E-state index contributed by atoms with van der Waals surface area (Å²) < 4.78 is 9.06. The van der Waals surface area contributed by atoms with Crippen molar-refractivity contribution in [3.8, 4) is 32.7 Å². The molecule has 7 nitrogen and oxygen atoms in total. The maximum atomic E-state index is 5.25. The zero-order valence-electron chi connectivity index (χ0n) is 16.7. The smallest absolute Gasteiger partial charge is 0.235 e. The number of fused-ring (bicyclic) bond motifs is 2. The SMILES string of the molecule is COc1ccc(-c2nn3c(-c4cc5c(C)nn(-c6ccccc6)c5s4)nnc3s2)cc1. The van der Waals surface area contributed by atoms with E-state index in [1.54, 1.807) is 18.4 Å². The van der Waals surface area contributed by atoms with Gasteiger partial charge in [0, 0.05) is 10.9 Å². The summed E-state index contributed by atoms with van der Waals surface area (Å²) in [6.45, 7) is 2.03. The second-order valence-electron chi connectivity index (χ2n) is 7.02. The van der Waals surface area contributed by atoms with E-state index in [1.165, 1.54) is 11.3 Å². The Morgan fingerprint density at radius 3 is 2.48 bits per heavy atom. The Morgan fingerprint density at radius 1 is 0.903 bits per heavy atom. The summed E-state index contributed by atoms with van der Waals surface area (Å²) in [6, 6.07) is 20.2. The summed E-state index contributed by atoms with van der Waals surface area (Å²) in [6.07, 6.45) is 0. The molecule has 0 fully saturated rings. The zero-order chi connectivity index (χ0) is 20.9. The fourth-order valence-corrected chi connectivity index (χ4v) is 5.52. The largest absolute Gasteiger partial charge is 0.497 e. The quantitative estimate of drug-likeness (QED) is 0.372. The highest BCUT2D eigenvalue weighted by molar-refractivity contribution is 7.22. The summed E-state index contributed by atoms with van der Waals surface area (Å²) in [4.78, 5) is 2.86. The maximum Gasteiger partial charge on any atom is 0.235 e. The minimum absolute atomic E-state index is 0.742. The zero-order valence-corrected chi connectivity index (χ0v) is 18.3. The van der Waals surface area contributed by atoms with Crippen LogP contribution in [0.1, 0.15) is 5.69 Å². The lowest BCUT2D eigenvalue weighted by Crippen LogP contribution is -1.94. The first-order valence-electron chi connectivity index (χ1n) is 9.63. The molecule has 0 N–H and O–H groups in total. The van der Waals surface area contributed by atoms with E-state index in [2.05, 4.69) is 28.4 Å². The van der Waals surface area contributed by atoms with Crippen LogP contribution in [0.15, 0.2) is 60.7 Å². The molecule has 9 heteroatoms. The number of hydrogen-bond acceptors (Lipinski definition) is 7. The average Bonchev–Trinajstić information content (AvgIpc) is 3.56. The molecule has 0 spiro atoms. The number of para-hydroxylation sites is 1. The molecular formula is C22H16N6OS2. The molecule has 0 radical (unpaired) electrons. The van der Waals surface area contributed by atoms with Crippen molar-refractivity contribution in [1.82, 2.24) is 29.6 Å². The number of methoxy groups -OCH3 is 1. The van der Waals surface area contributed by atoms with Gasteiger partial charge in [-0.3, -0.25) is 0 Å². The number of aryl methyl sites for hydroxylation is 1. The number of thiophene rings is 1. The Morgan fingerprint density at radius 2 is 1.71 bits per heavy atom. The highest BCUT2D eigenvalue weighted by atomic mass is 32.1. The van der Waals surface area contributed by atoms with Crippen LogP contribution in [-0.4, -0.2) is 36.7 Å². The van der Waals surface area contributed by atoms with Gasteiger partial charge in [-0.25, -0.2) is 4.68 Å². The van der Waals surface area contributed by atoms with Crippen molar-refractivity contribution in [3.63, 3.8) is 0 Å². The van der Waals surface area contributed by atoms with Crippen LogP contribution in [0.5, 0.6) is 5.75 Å². The third-order valence-corrected chi connectivity index (χ3v) is 7.15. The van der Waals surface area contributed by atoms with Gasteiger partial charge in [-0.1, -0.05) is 29.5 Å². The fourth-order valence-electron chi connectivity index (χ4n) is 3.52. The molecule has 0 amide bonds. The minimum atomic E-state index is 0.742. The third-order valence-electron chi connectivity index (χ3n) is 5.09. The summed E-state index contributed by atoms with van der Waals surface area (Å²) >= 11 is 3.16. The number of rotatable bonds is 4. The van der Waals surface area contributed by atoms with E-state index in [9.17, 15) is 0 Å². The Hall–Kier alpha value is -3.56. The number of ether oxygens (including phenoxy) is 1. The lowest BCUT2D eigenvalue weighted by atomic mass is 10.2. The molecule has 6 aromatic rings. The predicted octanol–water partition coefficient (Wildman–Crippen LogP) is 5.24.